The van der Waals surface area contributed by atoms with Gasteiger partial charge in [0.15, 0.2) is 5.78 Å². The zero-order chi connectivity index (χ0) is 16.7. The van der Waals surface area contributed by atoms with Crippen molar-refractivity contribution in [1.82, 2.24) is 0 Å². The first-order valence-corrected chi connectivity index (χ1v) is 7.62. The molecule has 2 rings (SSSR count). The van der Waals surface area contributed by atoms with Crippen LogP contribution in [0.25, 0.3) is 0 Å². The van der Waals surface area contributed by atoms with Gasteiger partial charge in [0.1, 0.15) is 5.92 Å². The topological polar surface area (TPSA) is 43.4 Å². The van der Waals surface area contributed by atoms with Crippen LogP contribution in [0, 0.1) is 5.92 Å². The van der Waals surface area contributed by atoms with Crippen LogP contribution in [0.3, 0.4) is 0 Å². The molecule has 23 heavy (non-hydrogen) atoms. The van der Waals surface area contributed by atoms with E-state index >= 15 is 0 Å². The molecule has 0 saturated carbocycles. The zero-order valence-electron chi connectivity index (χ0n) is 13.1. The molecule has 3 nitrogen and oxygen atoms in total. The Balaban J connectivity index is 2.43. The monoisotopic (exact) mass is 308 g/mol. The van der Waals surface area contributed by atoms with Crippen LogP contribution in [-0.4, -0.2) is 18.4 Å². The molecule has 0 N–H and O–H groups in total. The van der Waals surface area contributed by atoms with Crippen LogP contribution in [0.4, 0.5) is 0 Å². The second-order valence-corrected chi connectivity index (χ2v) is 5.13. The van der Waals surface area contributed by atoms with E-state index in [0.717, 1.165) is 5.56 Å². The largest absolute Gasteiger partial charge is 0.465 e. The molecule has 0 saturated heterocycles. The maximum Gasteiger partial charge on any atom is 0.317 e. The van der Waals surface area contributed by atoms with Gasteiger partial charge in [-0.2, -0.15) is 0 Å². The highest BCUT2D eigenvalue weighted by Gasteiger charge is 2.35. The van der Waals surface area contributed by atoms with E-state index < -0.39 is 17.8 Å². The van der Waals surface area contributed by atoms with E-state index in [1.807, 2.05) is 36.4 Å². The van der Waals surface area contributed by atoms with Gasteiger partial charge >= 0.3 is 5.97 Å². The molecule has 2 atom stereocenters. The third-order valence-electron chi connectivity index (χ3n) is 3.68. The molecule has 2 aromatic rings. The number of benzene rings is 2. The van der Waals surface area contributed by atoms with Crippen LogP contribution in [0.5, 0.6) is 0 Å². The normalized spacial score (nSPS) is 12.9. The highest BCUT2D eigenvalue weighted by molar-refractivity contribution is 6.09. The summed E-state index contributed by atoms with van der Waals surface area (Å²) >= 11 is 0. The fraction of sp³-hybridized carbons (Fsp3) is 0.200. The quantitative estimate of drug-likeness (QED) is 0.336. The fourth-order valence-corrected chi connectivity index (χ4v) is 2.57. The molecule has 0 heterocycles. The third kappa shape index (κ3) is 3.95. The number of hydrogen-bond donors (Lipinski definition) is 0. The van der Waals surface area contributed by atoms with Crippen LogP contribution in [0.15, 0.2) is 73.3 Å². The van der Waals surface area contributed by atoms with Gasteiger partial charge in [-0.05, 0) is 12.5 Å². The summed E-state index contributed by atoms with van der Waals surface area (Å²) in [6.45, 7) is 5.78. The van der Waals surface area contributed by atoms with Crippen molar-refractivity contribution in [2.75, 3.05) is 6.61 Å². The number of esters is 1. The molecule has 2 aromatic carbocycles. The number of hydrogen-bond acceptors (Lipinski definition) is 3. The summed E-state index contributed by atoms with van der Waals surface area (Å²) in [5.41, 5.74) is 1.36. The first-order valence-electron chi connectivity index (χ1n) is 7.62. The molecule has 0 amide bonds. The number of ketones is 1. The Bertz CT molecular complexity index is 662. The summed E-state index contributed by atoms with van der Waals surface area (Å²) in [6.07, 6.45) is 1.64. The molecular formula is C20H20O3. The Labute approximate surface area is 136 Å². The van der Waals surface area contributed by atoms with Crippen LogP contribution >= 0.6 is 0 Å². The van der Waals surface area contributed by atoms with Crippen molar-refractivity contribution in [2.24, 2.45) is 5.92 Å². The van der Waals surface area contributed by atoms with Crippen LogP contribution < -0.4 is 0 Å². The highest BCUT2D eigenvalue weighted by Crippen LogP contribution is 2.30. The second kappa shape index (κ2) is 8.08. The van der Waals surface area contributed by atoms with E-state index in [0.29, 0.717) is 5.56 Å². The maximum atomic E-state index is 12.9. The number of carbonyl (C=O) groups excluding carboxylic acids is 2. The average Bonchev–Trinajstić information content (AvgIpc) is 2.60. The van der Waals surface area contributed by atoms with Crippen LogP contribution in [0.2, 0.25) is 0 Å². The van der Waals surface area contributed by atoms with E-state index in [1.54, 1.807) is 37.3 Å². The molecule has 0 aliphatic carbocycles. The van der Waals surface area contributed by atoms with E-state index in [1.165, 1.54) is 0 Å². The lowest BCUT2D eigenvalue weighted by atomic mass is 9.81. The fourth-order valence-electron chi connectivity index (χ4n) is 2.57. The molecule has 3 heteroatoms. The molecule has 0 radical (unpaired) electrons. The molecule has 0 bridgehead atoms. The second-order valence-electron chi connectivity index (χ2n) is 5.13. The van der Waals surface area contributed by atoms with Gasteiger partial charge in [0.2, 0.25) is 0 Å². The maximum absolute atomic E-state index is 12.9. The summed E-state index contributed by atoms with van der Waals surface area (Å²) < 4.78 is 5.14. The van der Waals surface area contributed by atoms with Gasteiger partial charge in [-0.25, -0.2) is 0 Å². The molecule has 0 spiro atoms. The first kappa shape index (κ1) is 16.7. The van der Waals surface area contributed by atoms with Crippen LogP contribution in [0.1, 0.15) is 28.8 Å². The molecule has 0 fully saturated rings. The standard InChI is InChI=1S/C20H20O3/c1-3-17(15-11-7-5-8-12-15)18(20(22)23-4-2)19(21)16-13-9-6-10-14-16/h3,5-14,17-18H,1,4H2,2H3. The van der Waals surface area contributed by atoms with Gasteiger partial charge < -0.3 is 4.74 Å². The number of carbonyl (C=O) groups is 2. The zero-order valence-corrected chi connectivity index (χ0v) is 13.1. The minimum atomic E-state index is -0.933. The summed E-state index contributed by atoms with van der Waals surface area (Å²) in [5, 5.41) is 0. The van der Waals surface area contributed by atoms with Crippen molar-refractivity contribution < 1.29 is 14.3 Å². The van der Waals surface area contributed by atoms with Gasteiger partial charge in [0, 0.05) is 11.5 Å². The van der Waals surface area contributed by atoms with E-state index in [2.05, 4.69) is 6.58 Å². The Morgan fingerprint density at radius 2 is 1.61 bits per heavy atom. The lowest BCUT2D eigenvalue weighted by Gasteiger charge is -2.22. The number of Topliss-reactive ketones (excluding diaryl/α,β-unsaturated/α-hetero) is 1. The first-order chi connectivity index (χ1) is 11.2. The van der Waals surface area contributed by atoms with Crippen molar-refractivity contribution >= 4 is 11.8 Å². The molecule has 2 unspecified atom stereocenters. The SMILES string of the molecule is C=CC(c1ccccc1)C(C(=O)OCC)C(=O)c1ccccc1. The minimum Gasteiger partial charge on any atom is -0.465 e. The van der Waals surface area contributed by atoms with E-state index in [4.69, 9.17) is 4.74 Å². The number of allylic oxidation sites excluding steroid dienone is 1. The summed E-state index contributed by atoms with van der Waals surface area (Å²) in [5.74, 6) is -2.13. The molecule has 0 aliphatic heterocycles. The van der Waals surface area contributed by atoms with Gasteiger partial charge in [0.25, 0.3) is 0 Å². The predicted octanol–water partition coefficient (Wildman–Crippen LogP) is 4.02. The minimum absolute atomic E-state index is 0.232. The van der Waals surface area contributed by atoms with Gasteiger partial charge in [-0.15, -0.1) is 6.58 Å². The van der Waals surface area contributed by atoms with E-state index in [-0.39, 0.29) is 12.4 Å². The summed E-state index contributed by atoms with van der Waals surface area (Å²) in [4.78, 5) is 25.3. The summed E-state index contributed by atoms with van der Waals surface area (Å²) in [7, 11) is 0. The third-order valence-corrected chi connectivity index (χ3v) is 3.68. The predicted molar refractivity (Wildman–Crippen MR) is 90.3 cm³/mol. The summed E-state index contributed by atoms with van der Waals surface area (Å²) in [6, 6.07) is 18.2. The van der Waals surface area contributed by atoms with E-state index in [9.17, 15) is 9.59 Å². The van der Waals surface area contributed by atoms with Gasteiger partial charge in [-0.3, -0.25) is 9.59 Å². The number of rotatable bonds is 7. The molecule has 118 valence electrons. The lowest BCUT2D eigenvalue weighted by molar-refractivity contribution is -0.146. The Hall–Kier alpha value is -2.68. The Kier molecular flexibility index (Phi) is 5.87. The van der Waals surface area contributed by atoms with Crippen molar-refractivity contribution in [3.63, 3.8) is 0 Å². The van der Waals surface area contributed by atoms with Crippen molar-refractivity contribution in [3.05, 3.63) is 84.4 Å². The molecular weight excluding hydrogens is 288 g/mol. The Morgan fingerprint density at radius 1 is 1.04 bits per heavy atom. The highest BCUT2D eigenvalue weighted by atomic mass is 16.5. The molecule has 0 aromatic heterocycles. The van der Waals surface area contributed by atoms with Crippen molar-refractivity contribution in [2.45, 2.75) is 12.8 Å². The number of ether oxygens (including phenoxy) is 1. The van der Waals surface area contributed by atoms with Crippen molar-refractivity contribution in [3.8, 4) is 0 Å². The average molecular weight is 308 g/mol. The molecule has 0 aliphatic rings. The smallest absolute Gasteiger partial charge is 0.317 e. The Morgan fingerprint density at radius 3 is 2.13 bits per heavy atom. The van der Waals surface area contributed by atoms with Crippen molar-refractivity contribution in [1.29, 1.82) is 0 Å². The van der Waals surface area contributed by atoms with Gasteiger partial charge in [-0.1, -0.05) is 66.7 Å². The van der Waals surface area contributed by atoms with Gasteiger partial charge in [0.05, 0.1) is 6.61 Å². The van der Waals surface area contributed by atoms with Crippen LogP contribution in [-0.2, 0) is 9.53 Å². The lowest BCUT2D eigenvalue weighted by Crippen LogP contribution is -2.31.